The van der Waals surface area contributed by atoms with Crippen molar-refractivity contribution in [3.63, 3.8) is 0 Å². The Balaban J connectivity index is 0. The predicted octanol–water partition coefficient (Wildman–Crippen LogP) is -1.46. The lowest BCUT2D eigenvalue weighted by Crippen LogP contribution is -2.33. The second kappa shape index (κ2) is 4.48. The summed E-state index contributed by atoms with van der Waals surface area (Å²) in [5.74, 6) is -1.18. The molecule has 0 bridgehead atoms. The summed E-state index contributed by atoms with van der Waals surface area (Å²) in [6.45, 7) is -0.505. The first-order chi connectivity index (χ1) is 3.18. The summed E-state index contributed by atoms with van der Waals surface area (Å²) in [7, 11) is 0. The van der Waals surface area contributed by atoms with E-state index in [-0.39, 0.29) is 4.70 Å². The fourth-order valence-electron chi connectivity index (χ4n) is 0.0781. The van der Waals surface area contributed by atoms with Gasteiger partial charge in [0.25, 0.3) is 0 Å². The van der Waals surface area contributed by atoms with Crippen LogP contribution in [-0.2, 0) is 4.79 Å². The minimum atomic E-state index is -1.18. The second-order valence-electron chi connectivity index (χ2n) is 1.13. The summed E-state index contributed by atoms with van der Waals surface area (Å²) in [5, 5.41) is 15.9. The summed E-state index contributed by atoms with van der Waals surface area (Å²) in [6, 6.07) is -1.13. The summed E-state index contributed by atoms with van der Waals surface area (Å²) < 4.78 is 0. The summed E-state index contributed by atoms with van der Waals surface area (Å²) in [6.07, 6.45) is 0. The van der Waals surface area contributed by atoms with Crippen LogP contribution in [0.4, 0.5) is 4.70 Å². The lowest BCUT2D eigenvalue weighted by molar-refractivity contribution is -0.139. The molecule has 0 radical (unpaired) electrons. The number of rotatable bonds is 2. The molecule has 0 fully saturated rings. The molecule has 0 aliphatic heterocycles. The first-order valence-electron chi connectivity index (χ1n) is 1.77. The average molecular weight is 125 g/mol. The van der Waals surface area contributed by atoms with Crippen LogP contribution in [0.25, 0.3) is 0 Å². The molecule has 0 aromatic carbocycles. The Labute approximate surface area is 45.3 Å². The number of aliphatic carboxylic acids is 1. The highest BCUT2D eigenvalue weighted by molar-refractivity contribution is 5.73. The molecular formula is C3H8FNO3. The molecule has 0 saturated heterocycles. The summed E-state index contributed by atoms with van der Waals surface area (Å²) in [4.78, 5) is 9.65. The fraction of sp³-hybridized carbons (Fsp3) is 0.667. The number of carboxylic acids is 1. The van der Waals surface area contributed by atoms with Gasteiger partial charge in [0.15, 0.2) is 0 Å². The monoisotopic (exact) mass is 125 g/mol. The van der Waals surface area contributed by atoms with Crippen molar-refractivity contribution in [2.45, 2.75) is 6.04 Å². The Morgan fingerprint density at radius 2 is 2.12 bits per heavy atom. The van der Waals surface area contributed by atoms with E-state index in [0.717, 1.165) is 0 Å². The van der Waals surface area contributed by atoms with Gasteiger partial charge in [-0.05, 0) is 0 Å². The van der Waals surface area contributed by atoms with Gasteiger partial charge in [-0.15, -0.1) is 0 Å². The maximum absolute atomic E-state index is 9.65. The zero-order chi connectivity index (χ0) is 5.86. The van der Waals surface area contributed by atoms with Crippen molar-refractivity contribution >= 4 is 5.97 Å². The van der Waals surface area contributed by atoms with E-state index in [0.29, 0.717) is 0 Å². The Hall–Kier alpha value is -0.680. The number of hydrogen-bond acceptors (Lipinski definition) is 3. The van der Waals surface area contributed by atoms with Crippen molar-refractivity contribution < 1.29 is 19.7 Å². The van der Waals surface area contributed by atoms with Crippen LogP contribution in [0, 0.1) is 0 Å². The van der Waals surface area contributed by atoms with Gasteiger partial charge in [0.1, 0.15) is 6.04 Å². The number of aliphatic hydroxyl groups is 1. The van der Waals surface area contributed by atoms with Crippen molar-refractivity contribution in [2.24, 2.45) is 5.73 Å². The Morgan fingerprint density at radius 1 is 1.75 bits per heavy atom. The van der Waals surface area contributed by atoms with Gasteiger partial charge in [-0.25, -0.2) is 0 Å². The Kier molecular flexibility index (Phi) is 5.78. The summed E-state index contributed by atoms with van der Waals surface area (Å²) >= 11 is 0. The van der Waals surface area contributed by atoms with Gasteiger partial charge in [0.05, 0.1) is 6.61 Å². The lowest BCUT2D eigenvalue weighted by atomic mass is 10.3. The molecule has 0 heterocycles. The van der Waals surface area contributed by atoms with Gasteiger partial charge in [0, 0.05) is 0 Å². The highest BCUT2D eigenvalue weighted by Crippen LogP contribution is 1.71. The molecule has 1 atom stereocenters. The van der Waals surface area contributed by atoms with Crippen molar-refractivity contribution in [1.29, 1.82) is 0 Å². The minimum Gasteiger partial charge on any atom is -0.480 e. The standard InChI is InChI=1S/C3H7NO3.FH/c4-2(1-5)3(6)7;/h2,5H,1,4H2,(H,6,7);1H/t2-;/m0./s1. The number of hydrogen-bond donors (Lipinski definition) is 3. The van der Waals surface area contributed by atoms with Crippen molar-refractivity contribution in [2.75, 3.05) is 6.61 Å². The van der Waals surface area contributed by atoms with E-state index >= 15 is 0 Å². The van der Waals surface area contributed by atoms with E-state index in [9.17, 15) is 4.79 Å². The van der Waals surface area contributed by atoms with Crippen LogP contribution < -0.4 is 5.73 Å². The molecule has 4 nitrogen and oxygen atoms in total. The largest absolute Gasteiger partial charge is 0.480 e. The predicted molar refractivity (Wildman–Crippen MR) is 25.2 cm³/mol. The van der Waals surface area contributed by atoms with E-state index in [1.807, 2.05) is 0 Å². The minimum absolute atomic E-state index is 0. The van der Waals surface area contributed by atoms with E-state index in [4.69, 9.17) is 15.9 Å². The van der Waals surface area contributed by atoms with Gasteiger partial charge in [-0.3, -0.25) is 9.50 Å². The van der Waals surface area contributed by atoms with Crippen molar-refractivity contribution in [3.8, 4) is 0 Å². The molecule has 0 aromatic rings. The number of aliphatic hydroxyl groups excluding tert-OH is 1. The SMILES string of the molecule is F.N[C@@H](CO)C(=O)O. The van der Waals surface area contributed by atoms with Gasteiger partial charge in [-0.2, -0.15) is 0 Å². The van der Waals surface area contributed by atoms with Crippen LogP contribution in [0.2, 0.25) is 0 Å². The van der Waals surface area contributed by atoms with Crippen molar-refractivity contribution in [1.82, 2.24) is 0 Å². The van der Waals surface area contributed by atoms with Gasteiger partial charge in [-0.1, -0.05) is 0 Å². The molecule has 0 spiro atoms. The third-order valence-electron chi connectivity index (χ3n) is 0.514. The first kappa shape index (κ1) is 10.3. The number of carboxylic acid groups (broad SMARTS) is 1. The molecule has 4 N–H and O–H groups in total. The molecule has 0 saturated carbocycles. The quantitative estimate of drug-likeness (QED) is 0.421. The van der Waals surface area contributed by atoms with E-state index < -0.39 is 18.6 Å². The first-order valence-corrected chi connectivity index (χ1v) is 1.77. The van der Waals surface area contributed by atoms with Gasteiger partial charge in [0.2, 0.25) is 0 Å². The van der Waals surface area contributed by atoms with Crippen LogP contribution in [0.1, 0.15) is 0 Å². The number of nitrogens with two attached hydrogens (primary N) is 1. The average Bonchev–Trinajstić information content (AvgIpc) is 1.65. The third-order valence-corrected chi connectivity index (χ3v) is 0.514. The molecule has 50 valence electrons. The second-order valence-corrected chi connectivity index (χ2v) is 1.13. The molecule has 5 heteroatoms. The molecule has 0 unspecified atom stereocenters. The van der Waals surface area contributed by atoms with Crippen LogP contribution in [0.5, 0.6) is 0 Å². The number of halogens is 1. The zero-order valence-corrected chi connectivity index (χ0v) is 4.07. The maximum atomic E-state index is 9.65. The van der Waals surface area contributed by atoms with Crippen LogP contribution in [0.3, 0.4) is 0 Å². The molecule has 0 amide bonds. The maximum Gasteiger partial charge on any atom is 0.322 e. The van der Waals surface area contributed by atoms with Crippen molar-refractivity contribution in [3.05, 3.63) is 0 Å². The van der Waals surface area contributed by atoms with Gasteiger partial charge < -0.3 is 15.9 Å². The van der Waals surface area contributed by atoms with Crippen LogP contribution in [-0.4, -0.2) is 28.8 Å². The third kappa shape index (κ3) is 3.51. The molecule has 0 aromatic heterocycles. The molecule has 0 aliphatic carbocycles. The van der Waals surface area contributed by atoms with Gasteiger partial charge >= 0.3 is 5.97 Å². The summed E-state index contributed by atoms with van der Waals surface area (Å²) in [5.41, 5.74) is 4.77. The highest BCUT2D eigenvalue weighted by atomic mass is 19.0. The van der Waals surface area contributed by atoms with E-state index in [2.05, 4.69) is 0 Å². The fourth-order valence-corrected chi connectivity index (χ4v) is 0.0781. The van der Waals surface area contributed by atoms with E-state index in [1.165, 1.54) is 0 Å². The highest BCUT2D eigenvalue weighted by Gasteiger charge is 2.06. The van der Waals surface area contributed by atoms with E-state index in [1.54, 1.807) is 0 Å². The molecule has 8 heavy (non-hydrogen) atoms. The number of carbonyl (C=O) groups is 1. The normalized spacial score (nSPS) is 11.8. The molecule has 0 rings (SSSR count). The smallest absolute Gasteiger partial charge is 0.322 e. The molecular weight excluding hydrogens is 117 g/mol. The Morgan fingerprint density at radius 3 is 2.12 bits per heavy atom. The molecule has 0 aliphatic rings. The van der Waals surface area contributed by atoms with Crippen LogP contribution in [0.15, 0.2) is 0 Å². The topological polar surface area (TPSA) is 83.5 Å². The zero-order valence-electron chi connectivity index (χ0n) is 4.07. The van der Waals surface area contributed by atoms with Crippen LogP contribution >= 0.6 is 0 Å². The lowest BCUT2D eigenvalue weighted by Gasteiger charge is -1.96. The Bertz CT molecular complexity index is 76.9.